The Kier molecular flexibility index (Phi) is 5.03. The Hall–Kier alpha value is -0.120. The van der Waals surface area contributed by atoms with Crippen molar-refractivity contribution in [3.8, 4) is 0 Å². The highest BCUT2D eigenvalue weighted by Gasteiger charge is 2.19. The van der Waals surface area contributed by atoms with Crippen LogP contribution in [0.2, 0.25) is 0 Å². The highest BCUT2D eigenvalue weighted by atomic mass is 16.3. The van der Waals surface area contributed by atoms with Crippen molar-refractivity contribution in [2.24, 2.45) is 0 Å². The third-order valence-electron chi connectivity index (χ3n) is 3.15. The minimum absolute atomic E-state index is 0.591. The third-order valence-corrected chi connectivity index (χ3v) is 3.15. The molecule has 0 aromatic heterocycles. The first kappa shape index (κ1) is 12.9. The van der Waals surface area contributed by atoms with Gasteiger partial charge in [0.15, 0.2) is 0 Å². The largest absolute Gasteiger partial charge is 0.389 e. The fourth-order valence-electron chi connectivity index (χ4n) is 2.18. The Labute approximate surface area is 93.9 Å². The molecule has 15 heavy (non-hydrogen) atoms. The molecule has 0 atom stereocenters. The maximum Gasteiger partial charge on any atom is 0.0715 e. The van der Waals surface area contributed by atoms with E-state index in [0.29, 0.717) is 6.54 Å². The van der Waals surface area contributed by atoms with E-state index in [1.165, 1.54) is 25.7 Å². The SMILES string of the molecule is CN(CCNCC(C)(C)O)C1CCCC1. The maximum absolute atomic E-state index is 9.52. The Morgan fingerprint density at radius 3 is 2.47 bits per heavy atom. The molecule has 0 spiro atoms. The van der Waals surface area contributed by atoms with Crippen molar-refractivity contribution in [1.82, 2.24) is 10.2 Å². The minimum Gasteiger partial charge on any atom is -0.389 e. The molecule has 0 aromatic carbocycles. The van der Waals surface area contributed by atoms with E-state index in [9.17, 15) is 5.11 Å². The smallest absolute Gasteiger partial charge is 0.0715 e. The van der Waals surface area contributed by atoms with Crippen molar-refractivity contribution in [1.29, 1.82) is 0 Å². The molecule has 1 rings (SSSR count). The molecule has 1 aliphatic rings. The molecule has 0 amide bonds. The van der Waals surface area contributed by atoms with E-state index in [1.807, 2.05) is 13.8 Å². The van der Waals surface area contributed by atoms with Gasteiger partial charge in [0.25, 0.3) is 0 Å². The number of aliphatic hydroxyl groups is 1. The first-order valence-electron chi connectivity index (χ1n) is 6.12. The number of hydrogen-bond donors (Lipinski definition) is 2. The second-order valence-corrected chi connectivity index (χ2v) is 5.41. The van der Waals surface area contributed by atoms with E-state index in [2.05, 4.69) is 17.3 Å². The lowest BCUT2D eigenvalue weighted by molar-refractivity contribution is 0.0788. The average Bonchev–Trinajstić information content (AvgIpc) is 2.63. The monoisotopic (exact) mass is 214 g/mol. The van der Waals surface area contributed by atoms with Crippen LogP contribution in [-0.4, -0.2) is 48.3 Å². The molecule has 2 N–H and O–H groups in total. The van der Waals surface area contributed by atoms with Gasteiger partial charge < -0.3 is 15.3 Å². The molecule has 0 heterocycles. The maximum atomic E-state index is 9.52. The fourth-order valence-corrected chi connectivity index (χ4v) is 2.18. The van der Waals surface area contributed by atoms with Gasteiger partial charge in [-0.05, 0) is 33.7 Å². The van der Waals surface area contributed by atoms with Gasteiger partial charge in [-0.2, -0.15) is 0 Å². The normalized spacial score (nSPS) is 19.0. The van der Waals surface area contributed by atoms with Crippen LogP contribution in [0.5, 0.6) is 0 Å². The summed E-state index contributed by atoms with van der Waals surface area (Å²) in [6.45, 7) is 6.39. The van der Waals surface area contributed by atoms with Gasteiger partial charge in [0.1, 0.15) is 0 Å². The van der Waals surface area contributed by atoms with Gasteiger partial charge in [0.05, 0.1) is 5.60 Å². The van der Waals surface area contributed by atoms with E-state index in [-0.39, 0.29) is 0 Å². The second-order valence-electron chi connectivity index (χ2n) is 5.41. The first-order chi connectivity index (χ1) is 6.99. The molecule has 0 aliphatic heterocycles. The van der Waals surface area contributed by atoms with Gasteiger partial charge >= 0.3 is 0 Å². The zero-order valence-corrected chi connectivity index (χ0v) is 10.4. The molecule has 0 bridgehead atoms. The molecule has 3 nitrogen and oxygen atoms in total. The Morgan fingerprint density at radius 1 is 1.33 bits per heavy atom. The van der Waals surface area contributed by atoms with Crippen LogP contribution in [0.15, 0.2) is 0 Å². The molecule has 90 valence electrons. The Bertz CT molecular complexity index is 171. The van der Waals surface area contributed by atoms with E-state index >= 15 is 0 Å². The van der Waals surface area contributed by atoms with Crippen molar-refractivity contribution in [3.05, 3.63) is 0 Å². The molecular weight excluding hydrogens is 188 g/mol. The highest BCUT2D eigenvalue weighted by Crippen LogP contribution is 2.21. The van der Waals surface area contributed by atoms with Crippen LogP contribution in [0.1, 0.15) is 39.5 Å². The third kappa shape index (κ3) is 5.50. The van der Waals surface area contributed by atoms with Crippen molar-refractivity contribution < 1.29 is 5.11 Å². The van der Waals surface area contributed by atoms with Crippen LogP contribution < -0.4 is 5.32 Å². The van der Waals surface area contributed by atoms with E-state index in [1.54, 1.807) is 0 Å². The quantitative estimate of drug-likeness (QED) is 0.653. The molecule has 0 saturated heterocycles. The van der Waals surface area contributed by atoms with Crippen LogP contribution in [0.3, 0.4) is 0 Å². The number of nitrogens with zero attached hydrogens (tertiary/aromatic N) is 1. The van der Waals surface area contributed by atoms with E-state index in [4.69, 9.17) is 0 Å². The topological polar surface area (TPSA) is 35.5 Å². The molecule has 0 radical (unpaired) electrons. The minimum atomic E-state index is -0.591. The Balaban J connectivity index is 2.04. The molecule has 0 aromatic rings. The fraction of sp³-hybridized carbons (Fsp3) is 1.00. The summed E-state index contributed by atoms with van der Waals surface area (Å²) >= 11 is 0. The standard InChI is InChI=1S/C12H26N2O/c1-12(2,15)10-13-8-9-14(3)11-6-4-5-7-11/h11,13,15H,4-10H2,1-3H3. The van der Waals surface area contributed by atoms with Crippen molar-refractivity contribution in [2.45, 2.75) is 51.2 Å². The zero-order valence-electron chi connectivity index (χ0n) is 10.4. The molecule has 1 fully saturated rings. The lowest BCUT2D eigenvalue weighted by Gasteiger charge is -2.25. The number of rotatable bonds is 6. The zero-order chi connectivity index (χ0) is 11.3. The summed E-state index contributed by atoms with van der Waals surface area (Å²) in [4.78, 5) is 2.45. The Morgan fingerprint density at radius 2 is 1.93 bits per heavy atom. The summed E-state index contributed by atoms with van der Waals surface area (Å²) < 4.78 is 0. The predicted molar refractivity (Wildman–Crippen MR) is 64.1 cm³/mol. The second kappa shape index (κ2) is 5.83. The van der Waals surface area contributed by atoms with Crippen molar-refractivity contribution >= 4 is 0 Å². The summed E-state index contributed by atoms with van der Waals surface area (Å²) in [5.41, 5.74) is -0.591. The molecular formula is C12H26N2O. The van der Waals surface area contributed by atoms with Gasteiger partial charge in [-0.15, -0.1) is 0 Å². The highest BCUT2D eigenvalue weighted by molar-refractivity contribution is 4.76. The van der Waals surface area contributed by atoms with Crippen LogP contribution in [0.4, 0.5) is 0 Å². The summed E-state index contributed by atoms with van der Waals surface area (Å²) in [5, 5.41) is 12.8. The van der Waals surface area contributed by atoms with Crippen LogP contribution in [-0.2, 0) is 0 Å². The van der Waals surface area contributed by atoms with Crippen molar-refractivity contribution in [3.63, 3.8) is 0 Å². The van der Waals surface area contributed by atoms with Gasteiger partial charge in [-0.3, -0.25) is 0 Å². The van der Waals surface area contributed by atoms with Crippen LogP contribution >= 0.6 is 0 Å². The first-order valence-corrected chi connectivity index (χ1v) is 6.12. The molecule has 0 unspecified atom stereocenters. The predicted octanol–water partition coefficient (Wildman–Crippen LogP) is 1.22. The van der Waals surface area contributed by atoms with Gasteiger partial charge in [-0.1, -0.05) is 12.8 Å². The lowest BCUT2D eigenvalue weighted by atomic mass is 10.1. The summed E-state index contributed by atoms with van der Waals surface area (Å²) in [6.07, 6.45) is 5.52. The van der Waals surface area contributed by atoms with E-state index in [0.717, 1.165) is 19.1 Å². The molecule has 1 saturated carbocycles. The molecule has 3 heteroatoms. The lowest BCUT2D eigenvalue weighted by Crippen LogP contribution is -2.40. The molecule has 1 aliphatic carbocycles. The van der Waals surface area contributed by atoms with Gasteiger partial charge in [0, 0.05) is 25.7 Å². The number of likely N-dealkylation sites (N-methyl/N-ethyl adjacent to an activating group) is 1. The van der Waals surface area contributed by atoms with Gasteiger partial charge in [0.2, 0.25) is 0 Å². The van der Waals surface area contributed by atoms with Crippen LogP contribution in [0, 0.1) is 0 Å². The van der Waals surface area contributed by atoms with Crippen LogP contribution in [0.25, 0.3) is 0 Å². The number of nitrogens with one attached hydrogen (secondary N) is 1. The average molecular weight is 214 g/mol. The summed E-state index contributed by atoms with van der Waals surface area (Å²) in [6, 6.07) is 0.800. The van der Waals surface area contributed by atoms with Crippen molar-refractivity contribution in [2.75, 3.05) is 26.7 Å². The number of hydrogen-bond acceptors (Lipinski definition) is 3. The van der Waals surface area contributed by atoms with E-state index < -0.39 is 5.60 Å². The summed E-state index contributed by atoms with van der Waals surface area (Å²) in [5.74, 6) is 0. The summed E-state index contributed by atoms with van der Waals surface area (Å²) in [7, 11) is 2.21. The van der Waals surface area contributed by atoms with Gasteiger partial charge in [-0.25, -0.2) is 0 Å².